The van der Waals surface area contributed by atoms with Gasteiger partial charge in [0.15, 0.2) is 0 Å². The van der Waals surface area contributed by atoms with Gasteiger partial charge >= 0.3 is 6.09 Å². The molecule has 4 nitrogen and oxygen atoms in total. The summed E-state index contributed by atoms with van der Waals surface area (Å²) in [5, 5.41) is 0. The summed E-state index contributed by atoms with van der Waals surface area (Å²) < 4.78 is 36.9. The molecule has 0 radical (unpaired) electrons. The summed E-state index contributed by atoms with van der Waals surface area (Å²) in [6.45, 7) is 4.19. The number of rotatable bonds is 3. The Bertz CT molecular complexity index is 805. The lowest BCUT2D eigenvalue weighted by Crippen LogP contribution is -2.37. The molecule has 0 aliphatic carbocycles. The van der Waals surface area contributed by atoms with E-state index in [0.717, 1.165) is 5.56 Å². The van der Waals surface area contributed by atoms with Crippen LogP contribution in [0.2, 0.25) is 0 Å². The van der Waals surface area contributed by atoms with E-state index in [1.165, 1.54) is 12.1 Å². The third-order valence-electron chi connectivity index (χ3n) is 4.31. The van der Waals surface area contributed by atoms with Crippen molar-refractivity contribution in [2.24, 2.45) is 11.1 Å². The van der Waals surface area contributed by atoms with Gasteiger partial charge < -0.3 is 15.2 Å². The highest BCUT2D eigenvalue weighted by Gasteiger charge is 2.40. The number of benzene rings is 2. The van der Waals surface area contributed by atoms with Gasteiger partial charge in [-0.05, 0) is 23.3 Å². The third kappa shape index (κ3) is 3.43. The van der Waals surface area contributed by atoms with E-state index in [4.69, 9.17) is 15.2 Å². The Balaban J connectivity index is 2.00. The molecule has 1 heterocycles. The van der Waals surface area contributed by atoms with Crippen molar-refractivity contribution in [3.63, 3.8) is 0 Å². The normalized spacial score (nSPS) is 18.4. The summed E-state index contributed by atoms with van der Waals surface area (Å²) in [4.78, 5) is 11.2. The van der Waals surface area contributed by atoms with Gasteiger partial charge in [-0.2, -0.15) is 0 Å². The molecular weight excluding hydrogens is 328 g/mol. The molecule has 0 bridgehead atoms. The fourth-order valence-electron chi connectivity index (χ4n) is 3.01. The Kier molecular flexibility index (Phi) is 4.37. The Hall–Kier alpha value is -2.63. The largest absolute Gasteiger partial charge is 0.492 e. The second-order valence-electron chi connectivity index (χ2n) is 6.77. The maximum Gasteiger partial charge on any atom is 0.405 e. The molecule has 2 N–H and O–H groups in total. The highest BCUT2D eigenvalue weighted by Crippen LogP contribution is 2.46. The molecule has 0 saturated heterocycles. The van der Waals surface area contributed by atoms with Crippen LogP contribution in [0.15, 0.2) is 42.5 Å². The average molecular weight is 347 g/mol. The van der Waals surface area contributed by atoms with Crippen molar-refractivity contribution in [1.82, 2.24) is 0 Å². The molecule has 2 aromatic carbocycles. The first-order valence-corrected chi connectivity index (χ1v) is 7.89. The number of hydrogen-bond donors (Lipinski definition) is 1. The van der Waals surface area contributed by atoms with Crippen LogP contribution in [0, 0.1) is 5.41 Å². The molecule has 1 aliphatic rings. The van der Waals surface area contributed by atoms with Gasteiger partial charge in [-0.15, -0.1) is 0 Å². The van der Waals surface area contributed by atoms with Crippen molar-refractivity contribution < 1.29 is 23.0 Å². The second-order valence-corrected chi connectivity index (χ2v) is 6.77. The monoisotopic (exact) mass is 347 g/mol. The quantitative estimate of drug-likeness (QED) is 0.864. The summed E-state index contributed by atoms with van der Waals surface area (Å²) in [7, 11) is 0. The number of carbonyl (C=O) groups excluding carboxylic acids is 1. The van der Waals surface area contributed by atoms with Crippen molar-refractivity contribution >= 4 is 6.09 Å². The predicted molar refractivity (Wildman–Crippen MR) is 89.5 cm³/mol. The molecule has 1 atom stereocenters. The lowest BCUT2D eigenvalue weighted by Gasteiger charge is -2.38. The van der Waals surface area contributed by atoms with Crippen molar-refractivity contribution in [2.45, 2.75) is 26.4 Å². The van der Waals surface area contributed by atoms with Crippen LogP contribution in [-0.2, 0) is 4.74 Å². The zero-order chi connectivity index (χ0) is 18.2. The smallest absolute Gasteiger partial charge is 0.405 e. The van der Waals surface area contributed by atoms with Crippen LogP contribution in [0.1, 0.15) is 37.5 Å². The van der Waals surface area contributed by atoms with Crippen LogP contribution in [0.3, 0.4) is 0 Å². The molecule has 132 valence electrons. The van der Waals surface area contributed by atoms with Gasteiger partial charge in [0.2, 0.25) is 0 Å². The number of hydrogen-bond acceptors (Lipinski definition) is 3. The van der Waals surface area contributed by atoms with Gasteiger partial charge in [-0.1, -0.05) is 44.2 Å². The molecule has 1 aliphatic heterocycles. The maximum absolute atomic E-state index is 12.9. The minimum atomic E-state index is -2.53. The van der Waals surface area contributed by atoms with Crippen molar-refractivity contribution in [3.8, 4) is 16.9 Å². The molecule has 2 aromatic rings. The van der Waals surface area contributed by atoms with E-state index in [0.29, 0.717) is 23.5 Å². The van der Waals surface area contributed by atoms with Crippen molar-refractivity contribution in [1.29, 1.82) is 0 Å². The number of primary amides is 1. The molecule has 25 heavy (non-hydrogen) atoms. The fourth-order valence-corrected chi connectivity index (χ4v) is 3.01. The van der Waals surface area contributed by atoms with Crippen LogP contribution in [0.4, 0.5) is 13.6 Å². The van der Waals surface area contributed by atoms with Crippen molar-refractivity contribution in [2.75, 3.05) is 6.61 Å². The van der Waals surface area contributed by atoms with E-state index < -0.39 is 24.0 Å². The number of nitrogens with two attached hydrogens (primary N) is 1. The fraction of sp³-hybridized carbons (Fsp3) is 0.316. The molecule has 1 amide bonds. The van der Waals surface area contributed by atoms with E-state index >= 15 is 0 Å². The van der Waals surface area contributed by atoms with Crippen LogP contribution in [0.5, 0.6) is 5.75 Å². The zero-order valence-corrected chi connectivity index (χ0v) is 14.0. The first-order chi connectivity index (χ1) is 11.8. The van der Waals surface area contributed by atoms with Gasteiger partial charge in [0.25, 0.3) is 6.43 Å². The van der Waals surface area contributed by atoms with E-state index in [9.17, 15) is 13.6 Å². The number of ether oxygens (including phenoxy) is 2. The molecule has 1 unspecified atom stereocenters. The summed E-state index contributed by atoms with van der Waals surface area (Å²) >= 11 is 0. The highest BCUT2D eigenvalue weighted by molar-refractivity contribution is 5.68. The van der Waals surface area contributed by atoms with Gasteiger partial charge in [-0.25, -0.2) is 13.6 Å². The molecular formula is C19H19F2NO3. The average Bonchev–Trinajstić information content (AvgIpc) is 2.57. The summed E-state index contributed by atoms with van der Waals surface area (Å²) in [6, 6.07) is 11.6. The molecule has 6 heteroatoms. The van der Waals surface area contributed by atoms with E-state index in [-0.39, 0.29) is 5.56 Å². The number of carbonyl (C=O) groups is 1. The lowest BCUT2D eigenvalue weighted by molar-refractivity contribution is -0.0176. The predicted octanol–water partition coefficient (Wildman–Crippen LogP) is 4.85. The molecule has 0 spiro atoms. The van der Waals surface area contributed by atoms with E-state index in [1.807, 2.05) is 13.8 Å². The standard InChI is InChI=1S/C19H19F2NO3/c1-19(2)10-24-15-9-12(6-7-14(15)16(19)25-18(22)23)11-4-3-5-13(8-11)17(20)21/h3-9,16-17H,10H2,1-2H3,(H2,22,23). The number of fused-ring (bicyclic) bond motifs is 1. The van der Waals surface area contributed by atoms with Crippen LogP contribution < -0.4 is 10.5 Å². The molecule has 3 rings (SSSR count). The Morgan fingerprint density at radius 1 is 1.24 bits per heavy atom. The minimum Gasteiger partial charge on any atom is -0.492 e. The van der Waals surface area contributed by atoms with Gasteiger partial charge in [0.05, 0.1) is 6.61 Å². The van der Waals surface area contributed by atoms with Crippen LogP contribution in [0.25, 0.3) is 11.1 Å². The van der Waals surface area contributed by atoms with Gasteiger partial charge in [0.1, 0.15) is 11.9 Å². The van der Waals surface area contributed by atoms with Crippen LogP contribution in [-0.4, -0.2) is 12.7 Å². The van der Waals surface area contributed by atoms with Crippen LogP contribution >= 0.6 is 0 Å². The molecule has 0 aromatic heterocycles. The topological polar surface area (TPSA) is 61.6 Å². The van der Waals surface area contributed by atoms with Crippen molar-refractivity contribution in [3.05, 3.63) is 53.6 Å². The highest BCUT2D eigenvalue weighted by atomic mass is 19.3. The minimum absolute atomic E-state index is 0.0350. The number of amides is 1. The first-order valence-electron chi connectivity index (χ1n) is 7.89. The lowest BCUT2D eigenvalue weighted by atomic mass is 9.80. The van der Waals surface area contributed by atoms with E-state index in [2.05, 4.69) is 0 Å². The number of alkyl halides is 2. The zero-order valence-electron chi connectivity index (χ0n) is 14.0. The maximum atomic E-state index is 12.9. The number of halogens is 2. The van der Waals surface area contributed by atoms with E-state index in [1.54, 1.807) is 30.3 Å². The summed E-state index contributed by atoms with van der Waals surface area (Å²) in [5.74, 6) is 0.561. The van der Waals surface area contributed by atoms with Gasteiger partial charge in [0, 0.05) is 16.5 Å². The first kappa shape index (κ1) is 17.2. The Labute approximate surface area is 144 Å². The summed E-state index contributed by atoms with van der Waals surface area (Å²) in [5.41, 5.74) is 6.86. The Morgan fingerprint density at radius 2 is 1.96 bits per heavy atom. The Morgan fingerprint density at radius 3 is 2.64 bits per heavy atom. The summed E-state index contributed by atoms with van der Waals surface area (Å²) in [6.07, 6.45) is -3.90. The third-order valence-corrected chi connectivity index (χ3v) is 4.31. The van der Waals surface area contributed by atoms with Gasteiger partial charge in [-0.3, -0.25) is 0 Å². The molecule has 0 fully saturated rings. The second kappa shape index (κ2) is 6.35. The molecule has 0 saturated carbocycles. The SMILES string of the molecule is CC1(C)COc2cc(-c3cccc(C(F)F)c3)ccc2C1OC(N)=O.